The first-order valence-electron chi connectivity index (χ1n) is 9.74. The lowest BCUT2D eigenvalue weighted by Crippen LogP contribution is -2.45. The molecule has 2 aromatic rings. The first kappa shape index (κ1) is 20.9. The lowest BCUT2D eigenvalue weighted by atomic mass is 9.81. The second kappa shape index (κ2) is 7.70. The van der Waals surface area contributed by atoms with Crippen molar-refractivity contribution in [2.24, 2.45) is 5.10 Å². The molecule has 1 aromatic carbocycles. The Morgan fingerprint density at radius 1 is 1.30 bits per heavy atom. The predicted octanol–water partition coefficient (Wildman–Crippen LogP) is 3.95. The van der Waals surface area contributed by atoms with E-state index in [4.69, 9.17) is 0 Å². The molecule has 160 valence electrons. The van der Waals surface area contributed by atoms with E-state index >= 15 is 0 Å². The van der Waals surface area contributed by atoms with Crippen LogP contribution in [-0.2, 0) is 11.8 Å². The number of piperidine rings is 1. The number of nitrogens with one attached hydrogen (secondary N) is 1. The largest absolute Gasteiger partial charge is 0.416 e. The van der Waals surface area contributed by atoms with Gasteiger partial charge in [-0.3, -0.25) is 4.79 Å². The van der Waals surface area contributed by atoms with Gasteiger partial charge in [0.1, 0.15) is 0 Å². The average molecular weight is 437 g/mol. The molecule has 1 amide bonds. The minimum absolute atomic E-state index is 0.0546. The van der Waals surface area contributed by atoms with E-state index in [1.165, 1.54) is 29.5 Å². The average Bonchev–Trinajstić information content (AvgIpc) is 3.36. The van der Waals surface area contributed by atoms with Crippen molar-refractivity contribution in [3.63, 3.8) is 0 Å². The second-order valence-electron chi connectivity index (χ2n) is 7.83. The van der Waals surface area contributed by atoms with Crippen molar-refractivity contribution >= 4 is 23.5 Å². The van der Waals surface area contributed by atoms with E-state index in [1.54, 1.807) is 10.3 Å². The fraction of sp³-hybridized carbons (Fsp3) is 0.429. The summed E-state index contributed by atoms with van der Waals surface area (Å²) in [5.74, 6) is -0.0546. The Morgan fingerprint density at radius 3 is 2.63 bits per heavy atom. The zero-order chi connectivity index (χ0) is 21.5. The van der Waals surface area contributed by atoms with Crippen LogP contribution in [0, 0.1) is 0 Å². The third kappa shape index (κ3) is 3.83. The van der Waals surface area contributed by atoms with Gasteiger partial charge in [0.2, 0.25) is 0 Å². The minimum atomic E-state index is -4.54. The van der Waals surface area contributed by atoms with Gasteiger partial charge in [-0.25, -0.2) is 0 Å². The second-order valence-corrected chi connectivity index (χ2v) is 8.77. The molecule has 1 fully saturated rings. The Kier molecular flexibility index (Phi) is 5.36. The molecule has 2 unspecified atom stereocenters. The molecule has 0 radical (unpaired) electrons. The van der Waals surface area contributed by atoms with Crippen LogP contribution in [0.25, 0.3) is 0 Å². The van der Waals surface area contributed by atoms with Crippen LogP contribution in [0.15, 0.2) is 40.8 Å². The molecular formula is C21H22F3N3O2S. The van der Waals surface area contributed by atoms with Gasteiger partial charge in [0.15, 0.2) is 0 Å². The molecule has 0 aliphatic carbocycles. The summed E-state index contributed by atoms with van der Waals surface area (Å²) < 4.78 is 40.1. The van der Waals surface area contributed by atoms with Crippen molar-refractivity contribution in [1.82, 2.24) is 10.3 Å². The summed E-state index contributed by atoms with van der Waals surface area (Å²) in [4.78, 5) is 15.5. The zero-order valence-corrected chi connectivity index (χ0v) is 17.1. The standard InChI is InChI=1S/C21H22F3N3O2S/c1-13-15(11-25-26-13)18-10-14(12-30-18)19(28)27-8-6-20(29,7-9-27)16-4-2-3-5-17(16)21(22,23)24/h2-5,10-13,15,26,29H,6-9H2,1H3. The van der Waals surface area contributed by atoms with Gasteiger partial charge in [-0.15, -0.1) is 11.3 Å². The van der Waals surface area contributed by atoms with Crippen LogP contribution in [0.5, 0.6) is 0 Å². The number of likely N-dealkylation sites (tertiary alicyclic amines) is 1. The van der Waals surface area contributed by atoms with E-state index < -0.39 is 17.3 Å². The predicted molar refractivity (Wildman–Crippen MR) is 109 cm³/mol. The summed E-state index contributed by atoms with van der Waals surface area (Å²) in [6.07, 6.45) is -2.61. The summed E-state index contributed by atoms with van der Waals surface area (Å²) in [6.45, 7) is 2.40. The fourth-order valence-electron chi connectivity index (χ4n) is 4.08. The molecule has 2 aliphatic rings. The van der Waals surface area contributed by atoms with E-state index in [1.807, 2.05) is 19.2 Å². The number of carbonyl (C=O) groups is 1. The molecule has 1 aromatic heterocycles. The number of carbonyl (C=O) groups excluding carboxylic acids is 1. The van der Waals surface area contributed by atoms with Crippen LogP contribution in [0.2, 0.25) is 0 Å². The maximum absolute atomic E-state index is 13.4. The number of amides is 1. The number of alkyl halides is 3. The van der Waals surface area contributed by atoms with E-state index in [0.717, 1.165) is 10.9 Å². The smallest absolute Gasteiger partial charge is 0.385 e. The summed E-state index contributed by atoms with van der Waals surface area (Å²) in [7, 11) is 0. The molecule has 0 spiro atoms. The number of benzene rings is 1. The zero-order valence-electron chi connectivity index (χ0n) is 16.3. The molecule has 2 aliphatic heterocycles. The van der Waals surface area contributed by atoms with Gasteiger partial charge in [-0.1, -0.05) is 18.2 Å². The number of hydrogen-bond donors (Lipinski definition) is 2. The number of hydrogen-bond acceptors (Lipinski definition) is 5. The molecule has 30 heavy (non-hydrogen) atoms. The third-order valence-electron chi connectivity index (χ3n) is 5.86. The SMILES string of the molecule is CC1NN=CC1c1cc(C(=O)N2CCC(O)(c3ccccc3C(F)(F)F)CC2)cs1. The summed E-state index contributed by atoms with van der Waals surface area (Å²) in [6, 6.07) is 7.13. The highest BCUT2D eigenvalue weighted by Crippen LogP contribution is 2.41. The summed E-state index contributed by atoms with van der Waals surface area (Å²) >= 11 is 1.49. The van der Waals surface area contributed by atoms with Gasteiger partial charge in [0, 0.05) is 29.6 Å². The van der Waals surface area contributed by atoms with Crippen molar-refractivity contribution < 1.29 is 23.1 Å². The maximum Gasteiger partial charge on any atom is 0.416 e. The Hall–Kier alpha value is -2.39. The highest BCUT2D eigenvalue weighted by molar-refractivity contribution is 7.10. The van der Waals surface area contributed by atoms with E-state index in [-0.39, 0.29) is 49.4 Å². The van der Waals surface area contributed by atoms with Crippen molar-refractivity contribution in [2.75, 3.05) is 13.1 Å². The van der Waals surface area contributed by atoms with Crippen LogP contribution in [0.4, 0.5) is 13.2 Å². The molecule has 4 rings (SSSR count). The van der Waals surface area contributed by atoms with Gasteiger partial charge in [0.25, 0.3) is 5.91 Å². The van der Waals surface area contributed by atoms with E-state index in [9.17, 15) is 23.1 Å². The van der Waals surface area contributed by atoms with Gasteiger partial charge in [-0.2, -0.15) is 18.3 Å². The number of nitrogens with zero attached hydrogens (tertiary/aromatic N) is 2. The van der Waals surface area contributed by atoms with Gasteiger partial charge in [-0.05, 0) is 37.5 Å². The van der Waals surface area contributed by atoms with Crippen molar-refractivity contribution in [3.05, 3.63) is 57.3 Å². The van der Waals surface area contributed by atoms with E-state index in [0.29, 0.717) is 5.56 Å². The molecule has 0 bridgehead atoms. The Bertz CT molecular complexity index is 964. The lowest BCUT2D eigenvalue weighted by Gasteiger charge is -2.39. The van der Waals surface area contributed by atoms with Gasteiger partial charge in [0.05, 0.1) is 28.7 Å². The van der Waals surface area contributed by atoms with Gasteiger partial charge >= 0.3 is 6.18 Å². The minimum Gasteiger partial charge on any atom is -0.385 e. The normalized spacial score (nSPS) is 23.4. The first-order valence-corrected chi connectivity index (χ1v) is 10.6. The lowest BCUT2D eigenvalue weighted by molar-refractivity contribution is -0.141. The van der Waals surface area contributed by atoms with Crippen LogP contribution in [0.1, 0.15) is 52.0 Å². The number of rotatable bonds is 3. The van der Waals surface area contributed by atoms with Crippen LogP contribution >= 0.6 is 11.3 Å². The number of aliphatic hydroxyl groups is 1. The van der Waals surface area contributed by atoms with Gasteiger partial charge < -0.3 is 15.4 Å². The Labute approximate surface area is 176 Å². The highest BCUT2D eigenvalue weighted by atomic mass is 32.1. The maximum atomic E-state index is 13.4. The molecule has 1 saturated heterocycles. The van der Waals surface area contributed by atoms with Crippen LogP contribution in [0.3, 0.4) is 0 Å². The van der Waals surface area contributed by atoms with Crippen LogP contribution < -0.4 is 5.43 Å². The molecule has 5 nitrogen and oxygen atoms in total. The van der Waals surface area contributed by atoms with Crippen molar-refractivity contribution in [1.29, 1.82) is 0 Å². The quantitative estimate of drug-likeness (QED) is 0.764. The summed E-state index contributed by atoms with van der Waals surface area (Å²) in [5, 5.41) is 16.8. The summed E-state index contributed by atoms with van der Waals surface area (Å²) in [5.41, 5.74) is 0.990. The van der Waals surface area contributed by atoms with Crippen molar-refractivity contribution in [2.45, 2.75) is 43.5 Å². The monoisotopic (exact) mass is 437 g/mol. The first-order chi connectivity index (χ1) is 14.2. The fourth-order valence-corrected chi connectivity index (χ4v) is 5.13. The molecule has 9 heteroatoms. The molecular weight excluding hydrogens is 415 g/mol. The highest BCUT2D eigenvalue weighted by Gasteiger charge is 2.43. The number of halogens is 3. The molecule has 2 atom stereocenters. The molecule has 0 saturated carbocycles. The van der Waals surface area contributed by atoms with Crippen molar-refractivity contribution in [3.8, 4) is 0 Å². The number of thiophene rings is 1. The topological polar surface area (TPSA) is 64.9 Å². The Balaban J connectivity index is 1.47. The number of hydrazone groups is 1. The Morgan fingerprint density at radius 2 is 2.00 bits per heavy atom. The molecule has 2 N–H and O–H groups in total. The van der Waals surface area contributed by atoms with Crippen LogP contribution in [-0.4, -0.2) is 41.3 Å². The van der Waals surface area contributed by atoms with E-state index in [2.05, 4.69) is 10.5 Å². The third-order valence-corrected chi connectivity index (χ3v) is 6.89. The molecule has 3 heterocycles.